The molecule has 160 valence electrons. The van der Waals surface area contributed by atoms with Crippen LogP contribution in [0.2, 0.25) is 0 Å². The highest BCUT2D eigenvalue weighted by Crippen LogP contribution is 2.26. The maximum Gasteiger partial charge on any atom is 0.305 e. The fraction of sp³-hybridized carbons (Fsp3) is 0.600. The summed E-state index contributed by atoms with van der Waals surface area (Å²) in [5.74, 6) is 0.0509. The van der Waals surface area contributed by atoms with Gasteiger partial charge in [-0.2, -0.15) is 0 Å². The molecule has 0 fully saturated rings. The molecule has 0 aliphatic carbocycles. The number of ketones is 1. The SMILES string of the molecule is CCCCCCCCCCC(=O)c1c(CCCC(=O)OCC)[nH]c2ccccc12. The number of H-pyrrole nitrogens is 1. The van der Waals surface area contributed by atoms with E-state index in [-0.39, 0.29) is 11.8 Å². The van der Waals surface area contributed by atoms with Crippen LogP contribution in [-0.2, 0) is 16.0 Å². The maximum atomic E-state index is 13.0. The predicted octanol–water partition coefficient (Wildman–Crippen LogP) is 6.77. The topological polar surface area (TPSA) is 59.2 Å². The van der Waals surface area contributed by atoms with Crippen LogP contribution in [0, 0.1) is 0 Å². The number of ether oxygens (including phenoxy) is 1. The predicted molar refractivity (Wildman–Crippen MR) is 119 cm³/mol. The Morgan fingerprint density at radius 3 is 2.28 bits per heavy atom. The van der Waals surface area contributed by atoms with E-state index in [0.29, 0.717) is 32.3 Å². The molecule has 1 heterocycles. The quantitative estimate of drug-likeness (QED) is 0.204. The minimum absolute atomic E-state index is 0.171. The van der Waals surface area contributed by atoms with Crippen LogP contribution in [0.3, 0.4) is 0 Å². The zero-order valence-corrected chi connectivity index (χ0v) is 18.2. The van der Waals surface area contributed by atoms with E-state index in [9.17, 15) is 9.59 Å². The van der Waals surface area contributed by atoms with E-state index in [4.69, 9.17) is 4.74 Å². The van der Waals surface area contributed by atoms with E-state index in [2.05, 4.69) is 11.9 Å². The van der Waals surface area contributed by atoms with Gasteiger partial charge in [-0.15, -0.1) is 0 Å². The van der Waals surface area contributed by atoms with E-state index in [1.54, 1.807) is 0 Å². The third-order valence-corrected chi connectivity index (χ3v) is 5.43. The van der Waals surface area contributed by atoms with Gasteiger partial charge in [-0.1, -0.05) is 70.1 Å². The highest BCUT2D eigenvalue weighted by molar-refractivity contribution is 6.09. The number of carbonyl (C=O) groups is 2. The Bertz CT molecular complexity index is 763. The third kappa shape index (κ3) is 7.68. The fourth-order valence-corrected chi connectivity index (χ4v) is 3.89. The fourth-order valence-electron chi connectivity index (χ4n) is 3.89. The summed E-state index contributed by atoms with van der Waals surface area (Å²) in [6.45, 7) is 4.46. The van der Waals surface area contributed by atoms with Crippen LogP contribution in [0.5, 0.6) is 0 Å². The lowest BCUT2D eigenvalue weighted by Crippen LogP contribution is -2.06. The Kier molecular flexibility index (Phi) is 10.5. The van der Waals surface area contributed by atoms with Crippen molar-refractivity contribution < 1.29 is 14.3 Å². The molecule has 1 aromatic carbocycles. The lowest BCUT2D eigenvalue weighted by Gasteiger charge is -2.06. The molecule has 29 heavy (non-hydrogen) atoms. The number of fused-ring (bicyclic) bond motifs is 1. The first-order chi connectivity index (χ1) is 14.2. The first-order valence-corrected chi connectivity index (χ1v) is 11.5. The number of hydrogen-bond donors (Lipinski definition) is 1. The summed E-state index contributed by atoms with van der Waals surface area (Å²) in [7, 11) is 0. The second kappa shape index (κ2) is 13.2. The summed E-state index contributed by atoms with van der Waals surface area (Å²) in [5, 5.41) is 1.00. The van der Waals surface area contributed by atoms with Gasteiger partial charge in [0.05, 0.1) is 6.61 Å². The summed E-state index contributed by atoms with van der Waals surface area (Å²) >= 11 is 0. The van der Waals surface area contributed by atoms with Crippen molar-refractivity contribution in [2.75, 3.05) is 6.61 Å². The van der Waals surface area contributed by atoms with Crippen molar-refractivity contribution in [1.82, 2.24) is 4.98 Å². The van der Waals surface area contributed by atoms with Gasteiger partial charge in [-0.3, -0.25) is 9.59 Å². The minimum atomic E-state index is -0.171. The molecule has 0 amide bonds. The molecule has 0 unspecified atom stereocenters. The number of esters is 1. The molecule has 1 aromatic heterocycles. The number of aromatic amines is 1. The third-order valence-electron chi connectivity index (χ3n) is 5.43. The van der Waals surface area contributed by atoms with Crippen molar-refractivity contribution in [1.29, 1.82) is 0 Å². The van der Waals surface area contributed by atoms with E-state index in [1.807, 2.05) is 31.2 Å². The molecule has 0 aliphatic heterocycles. The van der Waals surface area contributed by atoms with Crippen LogP contribution in [0.15, 0.2) is 24.3 Å². The lowest BCUT2D eigenvalue weighted by molar-refractivity contribution is -0.143. The molecule has 0 spiro atoms. The average molecular weight is 400 g/mol. The van der Waals surface area contributed by atoms with Crippen LogP contribution >= 0.6 is 0 Å². The molecule has 0 saturated carbocycles. The van der Waals surface area contributed by atoms with Crippen LogP contribution < -0.4 is 0 Å². The van der Waals surface area contributed by atoms with Crippen LogP contribution in [-0.4, -0.2) is 23.3 Å². The number of nitrogens with one attached hydrogen (secondary N) is 1. The molecule has 0 aliphatic rings. The molecular weight excluding hydrogens is 362 g/mol. The number of unbranched alkanes of at least 4 members (excludes halogenated alkanes) is 7. The van der Waals surface area contributed by atoms with Gasteiger partial charge in [0.25, 0.3) is 0 Å². The maximum absolute atomic E-state index is 13.0. The van der Waals surface area contributed by atoms with Crippen molar-refractivity contribution in [2.24, 2.45) is 0 Å². The number of carbonyl (C=O) groups excluding carboxylic acids is 2. The molecular formula is C25H37NO3. The van der Waals surface area contributed by atoms with Crippen molar-refractivity contribution in [3.05, 3.63) is 35.5 Å². The van der Waals surface area contributed by atoms with Gasteiger partial charge in [-0.25, -0.2) is 0 Å². The molecule has 2 aromatic rings. The minimum Gasteiger partial charge on any atom is -0.466 e. The monoisotopic (exact) mass is 399 g/mol. The second-order valence-electron chi connectivity index (χ2n) is 7.83. The highest BCUT2D eigenvalue weighted by atomic mass is 16.5. The van der Waals surface area contributed by atoms with Gasteiger partial charge in [0.2, 0.25) is 0 Å². The average Bonchev–Trinajstić information content (AvgIpc) is 3.08. The van der Waals surface area contributed by atoms with Crippen LogP contribution in [0.1, 0.15) is 101 Å². The van der Waals surface area contributed by atoms with E-state index < -0.39 is 0 Å². The molecule has 4 heteroatoms. The molecule has 0 radical (unpaired) electrons. The Morgan fingerprint density at radius 1 is 0.862 bits per heavy atom. The number of rotatable bonds is 15. The van der Waals surface area contributed by atoms with Crippen molar-refractivity contribution in [2.45, 2.75) is 90.9 Å². The van der Waals surface area contributed by atoms with Gasteiger partial charge in [0, 0.05) is 35.0 Å². The summed E-state index contributed by atoms with van der Waals surface area (Å²) in [4.78, 5) is 28.0. The Morgan fingerprint density at radius 2 is 1.55 bits per heavy atom. The highest BCUT2D eigenvalue weighted by Gasteiger charge is 2.18. The first-order valence-electron chi connectivity index (χ1n) is 11.5. The molecule has 1 N–H and O–H groups in total. The Hall–Kier alpha value is -2.10. The molecule has 0 saturated heterocycles. The summed E-state index contributed by atoms with van der Waals surface area (Å²) < 4.78 is 5.01. The van der Waals surface area contributed by atoms with Gasteiger partial charge in [0.1, 0.15) is 0 Å². The zero-order chi connectivity index (χ0) is 20.9. The number of aryl methyl sites for hydroxylation is 1. The first kappa shape index (κ1) is 23.2. The van der Waals surface area contributed by atoms with Gasteiger partial charge < -0.3 is 9.72 Å². The number of aromatic nitrogens is 1. The van der Waals surface area contributed by atoms with Crippen molar-refractivity contribution >= 4 is 22.7 Å². The standard InChI is InChI=1S/C25H37NO3/c1-3-5-6-7-8-9-10-11-18-23(27)25-20-15-12-13-16-21(20)26-22(25)17-14-19-24(28)29-4-2/h12-13,15-16,26H,3-11,14,17-19H2,1-2H3. The smallest absolute Gasteiger partial charge is 0.305 e. The number of Topliss-reactive ketones (excluding diaryl/α,β-unsaturated/α-hetero) is 1. The molecule has 2 rings (SSSR count). The van der Waals surface area contributed by atoms with E-state index >= 15 is 0 Å². The molecule has 4 nitrogen and oxygen atoms in total. The number of hydrogen-bond acceptors (Lipinski definition) is 3. The second-order valence-corrected chi connectivity index (χ2v) is 7.83. The Balaban J connectivity index is 1.90. The van der Waals surface area contributed by atoms with E-state index in [0.717, 1.165) is 35.0 Å². The van der Waals surface area contributed by atoms with Crippen LogP contribution in [0.25, 0.3) is 10.9 Å². The van der Waals surface area contributed by atoms with Crippen molar-refractivity contribution in [3.8, 4) is 0 Å². The van der Waals surface area contributed by atoms with Gasteiger partial charge in [-0.05, 0) is 32.3 Å². The number of para-hydroxylation sites is 1. The van der Waals surface area contributed by atoms with E-state index in [1.165, 1.54) is 38.5 Å². The summed E-state index contributed by atoms with van der Waals surface area (Å²) in [6, 6.07) is 7.98. The zero-order valence-electron chi connectivity index (χ0n) is 18.2. The van der Waals surface area contributed by atoms with Gasteiger partial charge >= 0.3 is 5.97 Å². The number of benzene rings is 1. The largest absolute Gasteiger partial charge is 0.466 e. The van der Waals surface area contributed by atoms with Crippen molar-refractivity contribution in [3.63, 3.8) is 0 Å². The van der Waals surface area contributed by atoms with Crippen LogP contribution in [0.4, 0.5) is 0 Å². The summed E-state index contributed by atoms with van der Waals surface area (Å²) in [6.07, 6.45) is 12.2. The molecule has 0 atom stereocenters. The summed E-state index contributed by atoms with van der Waals surface area (Å²) in [5.41, 5.74) is 2.78. The van der Waals surface area contributed by atoms with Gasteiger partial charge in [0.15, 0.2) is 5.78 Å². The normalized spacial score (nSPS) is 11.1. The lowest BCUT2D eigenvalue weighted by atomic mass is 9.98. The Labute approximate surface area is 175 Å². The molecule has 0 bridgehead atoms.